The zero-order valence-corrected chi connectivity index (χ0v) is 18.3. The van der Waals surface area contributed by atoms with E-state index in [0.29, 0.717) is 6.54 Å². The van der Waals surface area contributed by atoms with Crippen molar-refractivity contribution in [1.82, 2.24) is 15.5 Å². The number of amides is 2. The summed E-state index contributed by atoms with van der Waals surface area (Å²) < 4.78 is 5.30. The highest BCUT2D eigenvalue weighted by molar-refractivity contribution is 5.85. The van der Waals surface area contributed by atoms with Crippen LogP contribution in [0.1, 0.15) is 37.4 Å². The number of carbonyl (C=O) groups excluding carboxylic acids is 2. The highest BCUT2D eigenvalue weighted by Gasteiger charge is 2.27. The Kier molecular flexibility index (Phi) is 9.35. The van der Waals surface area contributed by atoms with Crippen molar-refractivity contribution < 1.29 is 14.3 Å². The van der Waals surface area contributed by atoms with Crippen LogP contribution in [0.25, 0.3) is 0 Å². The quantitative estimate of drug-likeness (QED) is 0.625. The predicted molar refractivity (Wildman–Crippen MR) is 119 cm³/mol. The molecule has 6 nitrogen and oxygen atoms in total. The maximum atomic E-state index is 12.9. The number of benzene rings is 2. The summed E-state index contributed by atoms with van der Waals surface area (Å²) in [5.41, 5.74) is 2.02. The van der Waals surface area contributed by atoms with Crippen LogP contribution < -0.4 is 10.6 Å². The molecule has 2 aromatic carbocycles. The van der Waals surface area contributed by atoms with Crippen molar-refractivity contribution in [2.75, 3.05) is 20.6 Å². The van der Waals surface area contributed by atoms with E-state index in [1.54, 1.807) is 0 Å². The summed E-state index contributed by atoms with van der Waals surface area (Å²) in [6, 6.07) is 18.9. The summed E-state index contributed by atoms with van der Waals surface area (Å²) in [5.74, 6) is -0.229. The average Bonchev–Trinajstić information content (AvgIpc) is 2.76. The van der Waals surface area contributed by atoms with Gasteiger partial charge in [0.2, 0.25) is 5.91 Å². The van der Waals surface area contributed by atoms with E-state index >= 15 is 0 Å². The minimum absolute atomic E-state index is 0.0243. The Bertz CT molecular complexity index is 781. The number of likely N-dealkylation sites (N-methyl/N-ethyl adjacent to an activating group) is 1. The lowest BCUT2D eigenvalue weighted by atomic mass is 9.98. The maximum Gasteiger partial charge on any atom is 0.408 e. The molecule has 30 heavy (non-hydrogen) atoms. The Morgan fingerprint density at radius 2 is 1.60 bits per heavy atom. The van der Waals surface area contributed by atoms with Crippen LogP contribution in [0.2, 0.25) is 0 Å². The number of nitrogens with zero attached hydrogens (tertiary/aromatic N) is 1. The molecule has 3 atom stereocenters. The molecule has 0 aromatic heterocycles. The Hall–Kier alpha value is -2.86. The monoisotopic (exact) mass is 411 g/mol. The fourth-order valence-electron chi connectivity index (χ4n) is 3.17. The third-order valence-electron chi connectivity index (χ3n) is 5.26. The molecule has 0 spiro atoms. The number of rotatable bonds is 10. The first-order valence-electron chi connectivity index (χ1n) is 10.4. The van der Waals surface area contributed by atoms with Gasteiger partial charge in [0.1, 0.15) is 12.6 Å². The van der Waals surface area contributed by atoms with E-state index < -0.39 is 12.1 Å². The Balaban J connectivity index is 1.96. The van der Waals surface area contributed by atoms with Crippen molar-refractivity contribution in [3.8, 4) is 0 Å². The second kappa shape index (κ2) is 12.0. The molecule has 0 aliphatic heterocycles. The first-order chi connectivity index (χ1) is 14.4. The summed E-state index contributed by atoms with van der Waals surface area (Å²) >= 11 is 0. The van der Waals surface area contributed by atoms with Gasteiger partial charge in [0, 0.05) is 6.54 Å². The van der Waals surface area contributed by atoms with E-state index in [0.717, 1.165) is 17.5 Å². The van der Waals surface area contributed by atoms with Gasteiger partial charge in [0.15, 0.2) is 0 Å². The molecule has 6 heteroatoms. The second-order valence-corrected chi connectivity index (χ2v) is 7.70. The summed E-state index contributed by atoms with van der Waals surface area (Å²) in [4.78, 5) is 27.3. The zero-order chi connectivity index (χ0) is 21.9. The zero-order valence-electron chi connectivity index (χ0n) is 18.3. The molecule has 2 rings (SSSR count). The summed E-state index contributed by atoms with van der Waals surface area (Å²) in [6.07, 6.45) is 0.166. The molecule has 2 aromatic rings. The van der Waals surface area contributed by atoms with Gasteiger partial charge in [-0.1, -0.05) is 80.9 Å². The third-order valence-corrected chi connectivity index (χ3v) is 5.26. The standard InChI is InChI=1S/C24H33N3O3/c1-5-18(2)22(26-24(29)30-17-19-12-8-6-9-13-19)23(28)25-16-21(27(3)4)20-14-10-7-11-15-20/h6-15,18,21-22H,5,16-17H2,1-4H3,(H,25,28)(H,26,29)/t18-,21+,22-/m1/s1. The lowest BCUT2D eigenvalue weighted by Gasteiger charge is -2.28. The van der Waals surface area contributed by atoms with Gasteiger partial charge >= 0.3 is 6.09 Å². The fourth-order valence-corrected chi connectivity index (χ4v) is 3.17. The van der Waals surface area contributed by atoms with Crippen molar-refractivity contribution in [1.29, 1.82) is 0 Å². The minimum Gasteiger partial charge on any atom is -0.445 e. The molecule has 0 aliphatic rings. The van der Waals surface area contributed by atoms with Crippen LogP contribution in [-0.2, 0) is 16.1 Å². The van der Waals surface area contributed by atoms with Gasteiger partial charge in [0.05, 0.1) is 6.04 Å². The molecule has 2 N–H and O–H groups in total. The topological polar surface area (TPSA) is 70.7 Å². The number of alkyl carbamates (subject to hydrolysis) is 1. The van der Waals surface area contributed by atoms with Crippen LogP contribution in [0.3, 0.4) is 0 Å². The number of hydrogen-bond donors (Lipinski definition) is 2. The molecule has 0 bridgehead atoms. The van der Waals surface area contributed by atoms with Crippen molar-refractivity contribution in [3.05, 3.63) is 71.8 Å². The van der Waals surface area contributed by atoms with Crippen LogP contribution in [0.4, 0.5) is 4.79 Å². The van der Waals surface area contributed by atoms with Gasteiger partial charge in [-0.2, -0.15) is 0 Å². The molecule has 162 valence electrons. The smallest absolute Gasteiger partial charge is 0.408 e. The maximum absolute atomic E-state index is 12.9. The van der Waals surface area contributed by atoms with Crippen LogP contribution in [0.5, 0.6) is 0 Å². The number of hydrogen-bond acceptors (Lipinski definition) is 4. The number of nitrogens with one attached hydrogen (secondary N) is 2. The van der Waals surface area contributed by atoms with Gasteiger partial charge in [-0.3, -0.25) is 4.79 Å². The molecule has 0 aliphatic carbocycles. The van der Waals surface area contributed by atoms with E-state index in [1.165, 1.54) is 0 Å². The molecule has 0 saturated carbocycles. The van der Waals surface area contributed by atoms with Crippen LogP contribution >= 0.6 is 0 Å². The Morgan fingerprint density at radius 3 is 2.17 bits per heavy atom. The lowest BCUT2D eigenvalue weighted by Crippen LogP contribution is -2.51. The van der Waals surface area contributed by atoms with Crippen LogP contribution in [0, 0.1) is 5.92 Å². The largest absolute Gasteiger partial charge is 0.445 e. The minimum atomic E-state index is -0.656. The van der Waals surface area contributed by atoms with Crippen molar-refractivity contribution >= 4 is 12.0 Å². The fraction of sp³-hybridized carbons (Fsp3) is 0.417. The Labute approximate surface area is 179 Å². The first-order valence-corrected chi connectivity index (χ1v) is 10.4. The van der Waals surface area contributed by atoms with E-state index in [-0.39, 0.29) is 24.5 Å². The molecule has 0 fully saturated rings. The van der Waals surface area contributed by atoms with Crippen LogP contribution in [-0.4, -0.2) is 43.6 Å². The predicted octanol–water partition coefficient (Wildman–Crippen LogP) is 3.75. The van der Waals surface area contributed by atoms with Crippen molar-refractivity contribution in [2.45, 2.75) is 39.0 Å². The van der Waals surface area contributed by atoms with E-state index in [9.17, 15) is 9.59 Å². The SMILES string of the molecule is CC[C@@H](C)[C@@H](NC(=O)OCc1ccccc1)C(=O)NC[C@@H](c1ccccc1)N(C)C. The normalized spacial score (nSPS) is 13.9. The number of carbonyl (C=O) groups is 2. The average molecular weight is 412 g/mol. The van der Waals surface area contributed by atoms with Gasteiger partial charge in [-0.25, -0.2) is 4.79 Å². The van der Waals surface area contributed by atoms with E-state index in [1.807, 2.05) is 88.6 Å². The molecule has 0 unspecified atom stereocenters. The third kappa shape index (κ3) is 7.19. The highest BCUT2D eigenvalue weighted by Crippen LogP contribution is 2.17. The summed E-state index contributed by atoms with van der Waals surface area (Å²) in [7, 11) is 3.96. The number of ether oxygens (including phenoxy) is 1. The first kappa shape index (κ1) is 23.4. The van der Waals surface area contributed by atoms with Crippen molar-refractivity contribution in [2.24, 2.45) is 5.92 Å². The highest BCUT2D eigenvalue weighted by atomic mass is 16.5. The molecule has 0 heterocycles. The van der Waals surface area contributed by atoms with Gasteiger partial charge < -0.3 is 20.3 Å². The lowest BCUT2D eigenvalue weighted by molar-refractivity contribution is -0.124. The summed E-state index contributed by atoms with van der Waals surface area (Å²) in [6.45, 7) is 4.55. The molecule has 0 saturated heterocycles. The van der Waals surface area contributed by atoms with Crippen LogP contribution in [0.15, 0.2) is 60.7 Å². The second-order valence-electron chi connectivity index (χ2n) is 7.70. The Morgan fingerprint density at radius 1 is 1.00 bits per heavy atom. The molecular weight excluding hydrogens is 378 g/mol. The molecule has 2 amide bonds. The van der Waals surface area contributed by atoms with E-state index in [4.69, 9.17) is 4.74 Å². The van der Waals surface area contributed by atoms with Gasteiger partial charge in [-0.05, 0) is 31.1 Å². The van der Waals surface area contributed by atoms with Gasteiger partial charge in [-0.15, -0.1) is 0 Å². The van der Waals surface area contributed by atoms with E-state index in [2.05, 4.69) is 15.5 Å². The van der Waals surface area contributed by atoms with Crippen molar-refractivity contribution in [3.63, 3.8) is 0 Å². The summed E-state index contributed by atoms with van der Waals surface area (Å²) in [5, 5.41) is 5.75. The van der Waals surface area contributed by atoms with Gasteiger partial charge in [0.25, 0.3) is 0 Å². The molecular formula is C24H33N3O3. The molecule has 0 radical (unpaired) electrons.